The van der Waals surface area contributed by atoms with E-state index < -0.39 is 30.7 Å². The van der Waals surface area contributed by atoms with Crippen LogP contribution < -0.4 is 10.2 Å². The molecule has 0 atom stereocenters. The van der Waals surface area contributed by atoms with Gasteiger partial charge < -0.3 is 20.0 Å². The van der Waals surface area contributed by atoms with Crippen LogP contribution in [0.2, 0.25) is 0 Å². The van der Waals surface area contributed by atoms with E-state index in [0.29, 0.717) is 29.4 Å². The summed E-state index contributed by atoms with van der Waals surface area (Å²) >= 11 is 0. The number of aromatic nitrogens is 3. The summed E-state index contributed by atoms with van der Waals surface area (Å²) in [7, 11) is 0. The number of hydrogen-bond acceptors (Lipinski definition) is 6. The molecule has 0 radical (unpaired) electrons. The van der Waals surface area contributed by atoms with Crippen molar-refractivity contribution in [3.63, 3.8) is 0 Å². The molecule has 1 spiro atoms. The molecule has 0 aliphatic carbocycles. The van der Waals surface area contributed by atoms with Crippen LogP contribution in [0.4, 0.5) is 18.9 Å². The molecule has 5 rings (SSSR count). The maximum Gasteiger partial charge on any atom is 0.405 e. The van der Waals surface area contributed by atoms with E-state index in [1.54, 1.807) is 17.2 Å². The fourth-order valence-electron chi connectivity index (χ4n) is 4.97. The van der Waals surface area contributed by atoms with Crippen LogP contribution in [0.1, 0.15) is 23.2 Å². The van der Waals surface area contributed by atoms with E-state index in [1.165, 1.54) is 11.1 Å². The van der Waals surface area contributed by atoms with Crippen molar-refractivity contribution < 1.29 is 27.6 Å². The number of halogens is 3. The Morgan fingerprint density at radius 1 is 1.11 bits per heavy atom. The van der Waals surface area contributed by atoms with Gasteiger partial charge in [0.25, 0.3) is 11.8 Å². The lowest BCUT2D eigenvalue weighted by molar-refractivity contribution is -0.142. The molecule has 0 saturated carbocycles. The van der Waals surface area contributed by atoms with Crippen molar-refractivity contribution >= 4 is 34.4 Å². The normalized spacial score (nSPS) is 17.6. The van der Waals surface area contributed by atoms with Gasteiger partial charge in [-0.2, -0.15) is 18.3 Å². The molecule has 3 amide bonds. The Morgan fingerprint density at radius 2 is 1.84 bits per heavy atom. The highest BCUT2D eigenvalue weighted by molar-refractivity contribution is 5.98. The van der Waals surface area contributed by atoms with Crippen LogP contribution in [0.5, 0.6) is 0 Å². The molecule has 194 valence electrons. The Balaban J connectivity index is 1.33. The number of piperidine rings is 1. The topological polar surface area (TPSA) is 115 Å². The molecule has 2 aliphatic rings. The predicted octanol–water partition coefficient (Wildman–Crippen LogP) is 1.92. The Labute approximate surface area is 209 Å². The molecule has 2 N–H and O–H groups in total. The summed E-state index contributed by atoms with van der Waals surface area (Å²) in [6.07, 6.45) is -0.883. The van der Waals surface area contributed by atoms with E-state index in [0.717, 1.165) is 5.69 Å². The van der Waals surface area contributed by atoms with Gasteiger partial charge in [0.2, 0.25) is 5.91 Å². The number of nitrogens with zero attached hydrogens (tertiary/aromatic N) is 5. The summed E-state index contributed by atoms with van der Waals surface area (Å²) in [4.78, 5) is 48.0. The van der Waals surface area contributed by atoms with Gasteiger partial charge >= 0.3 is 6.18 Å². The number of amides is 3. The molecule has 2 fully saturated rings. The zero-order valence-electron chi connectivity index (χ0n) is 19.7. The van der Waals surface area contributed by atoms with Crippen LogP contribution >= 0.6 is 0 Å². The fraction of sp³-hybridized carbons (Fsp3) is 0.375. The number of fused-ring (bicyclic) bond motifs is 1. The fourth-order valence-corrected chi connectivity index (χ4v) is 4.97. The van der Waals surface area contributed by atoms with Crippen molar-refractivity contribution in [2.24, 2.45) is 0 Å². The minimum absolute atomic E-state index is 0.0529. The summed E-state index contributed by atoms with van der Waals surface area (Å²) in [5.74, 6) is -1.44. The second kappa shape index (κ2) is 9.37. The monoisotopic (exact) mass is 515 g/mol. The molecular formula is C24H24F3N7O3. The lowest BCUT2D eigenvalue weighted by Crippen LogP contribution is -2.57. The summed E-state index contributed by atoms with van der Waals surface area (Å²) in [6.45, 7) is -1.33. The molecule has 2 aromatic heterocycles. The highest BCUT2D eigenvalue weighted by Gasteiger charge is 2.54. The second-order valence-corrected chi connectivity index (χ2v) is 9.16. The minimum atomic E-state index is -4.54. The molecule has 4 heterocycles. The first kappa shape index (κ1) is 24.5. The van der Waals surface area contributed by atoms with Gasteiger partial charge in [-0.1, -0.05) is 18.2 Å². The third-order valence-corrected chi connectivity index (χ3v) is 6.82. The van der Waals surface area contributed by atoms with Gasteiger partial charge in [-0.3, -0.25) is 19.5 Å². The smallest absolute Gasteiger partial charge is 0.345 e. The first-order chi connectivity index (χ1) is 17.7. The van der Waals surface area contributed by atoms with E-state index in [2.05, 4.69) is 15.2 Å². The quantitative estimate of drug-likeness (QED) is 0.537. The maximum atomic E-state index is 13.6. The summed E-state index contributed by atoms with van der Waals surface area (Å²) in [5, 5.41) is 9.19. The number of anilines is 1. The molecule has 1 aromatic carbocycles. The molecule has 13 heteroatoms. The Bertz CT molecular complexity index is 1320. The zero-order chi connectivity index (χ0) is 26.2. The molecule has 0 unspecified atom stereocenters. The number of rotatable bonds is 5. The van der Waals surface area contributed by atoms with E-state index in [1.807, 2.05) is 40.5 Å². The van der Waals surface area contributed by atoms with Crippen molar-refractivity contribution in [1.29, 1.82) is 0 Å². The van der Waals surface area contributed by atoms with Crippen LogP contribution in [-0.4, -0.2) is 87.3 Å². The average Bonchev–Trinajstić information content (AvgIpc) is 3.46. The molecule has 37 heavy (non-hydrogen) atoms. The molecule has 2 saturated heterocycles. The van der Waals surface area contributed by atoms with Crippen LogP contribution in [0, 0.1) is 0 Å². The second-order valence-electron chi connectivity index (χ2n) is 9.16. The van der Waals surface area contributed by atoms with Gasteiger partial charge in [-0.25, -0.2) is 4.98 Å². The summed E-state index contributed by atoms with van der Waals surface area (Å²) < 4.78 is 37.5. The highest BCUT2D eigenvalue weighted by Crippen LogP contribution is 2.39. The first-order valence-corrected chi connectivity index (χ1v) is 11.7. The van der Waals surface area contributed by atoms with E-state index in [-0.39, 0.29) is 31.6 Å². The van der Waals surface area contributed by atoms with Gasteiger partial charge in [0.05, 0.1) is 18.4 Å². The third kappa shape index (κ3) is 4.80. The van der Waals surface area contributed by atoms with Crippen LogP contribution in [0.25, 0.3) is 11.0 Å². The van der Waals surface area contributed by atoms with Crippen LogP contribution in [-0.2, 0) is 9.59 Å². The van der Waals surface area contributed by atoms with Crippen LogP contribution in [0.15, 0.2) is 48.8 Å². The Morgan fingerprint density at radius 3 is 2.54 bits per heavy atom. The number of H-pyrrole nitrogens is 1. The zero-order valence-corrected chi connectivity index (χ0v) is 19.7. The lowest BCUT2D eigenvalue weighted by atomic mass is 9.85. The molecular weight excluding hydrogens is 491 g/mol. The summed E-state index contributed by atoms with van der Waals surface area (Å²) in [6, 6.07) is 10.9. The number of aromatic amines is 1. The van der Waals surface area contributed by atoms with Crippen LogP contribution in [0.3, 0.4) is 0 Å². The number of para-hydroxylation sites is 1. The largest absolute Gasteiger partial charge is 0.405 e. The standard InChI is InChI=1S/C24H24F3N7O3/c25-24(26,27)14-29-19(35)13-33-15-34(18-4-2-1-3-5-18)23(22(33)37)6-8-32(9-7-23)21(36)17-10-16-12-30-31-20(16)28-11-17/h1-5,10-12H,6-9,13-15H2,(H,29,35)(H,28,30,31). The Hall–Kier alpha value is -4.16. The van der Waals surface area contributed by atoms with Gasteiger partial charge in [-0.05, 0) is 31.0 Å². The van der Waals surface area contributed by atoms with Crippen molar-refractivity contribution in [2.45, 2.75) is 24.6 Å². The van der Waals surface area contributed by atoms with E-state index >= 15 is 0 Å². The van der Waals surface area contributed by atoms with E-state index in [4.69, 9.17) is 0 Å². The number of benzene rings is 1. The number of carbonyl (C=O) groups excluding carboxylic acids is 3. The van der Waals surface area contributed by atoms with Gasteiger partial charge in [0, 0.05) is 30.4 Å². The minimum Gasteiger partial charge on any atom is -0.345 e. The third-order valence-electron chi connectivity index (χ3n) is 6.82. The number of pyridine rings is 1. The van der Waals surface area contributed by atoms with E-state index in [9.17, 15) is 27.6 Å². The first-order valence-electron chi connectivity index (χ1n) is 11.7. The van der Waals surface area contributed by atoms with Gasteiger partial charge in [-0.15, -0.1) is 0 Å². The highest BCUT2D eigenvalue weighted by atomic mass is 19.4. The lowest BCUT2D eigenvalue weighted by Gasteiger charge is -2.43. The number of hydrogen-bond donors (Lipinski definition) is 2. The Kier molecular flexibility index (Phi) is 6.21. The molecule has 0 bridgehead atoms. The van der Waals surface area contributed by atoms with Crippen molar-refractivity contribution in [3.8, 4) is 0 Å². The van der Waals surface area contributed by atoms with Gasteiger partial charge in [0.15, 0.2) is 5.65 Å². The predicted molar refractivity (Wildman–Crippen MR) is 126 cm³/mol. The van der Waals surface area contributed by atoms with Crippen molar-refractivity contribution in [1.82, 2.24) is 30.3 Å². The number of likely N-dealkylation sites (tertiary alicyclic amines) is 1. The molecule has 10 nitrogen and oxygen atoms in total. The number of carbonyl (C=O) groups is 3. The number of alkyl halides is 3. The summed E-state index contributed by atoms with van der Waals surface area (Å²) in [5.41, 5.74) is 0.715. The van der Waals surface area contributed by atoms with Gasteiger partial charge in [0.1, 0.15) is 18.6 Å². The molecule has 3 aromatic rings. The maximum absolute atomic E-state index is 13.6. The van der Waals surface area contributed by atoms with Crippen molar-refractivity contribution in [3.05, 3.63) is 54.4 Å². The SMILES string of the molecule is O=C(CN1CN(c2ccccc2)C2(CCN(C(=O)c3cnc4[nH]ncc4c3)CC2)C1=O)NCC(F)(F)F. The number of nitrogens with one attached hydrogen (secondary N) is 2. The van der Waals surface area contributed by atoms with Crippen molar-refractivity contribution in [2.75, 3.05) is 37.7 Å². The molecule has 2 aliphatic heterocycles. The average molecular weight is 515 g/mol.